The smallest absolute Gasteiger partial charge is 0.232 e. The highest BCUT2D eigenvalue weighted by Gasteiger charge is 2.20. The maximum absolute atomic E-state index is 14.2. The van der Waals surface area contributed by atoms with E-state index in [1.54, 1.807) is 24.4 Å². The Labute approximate surface area is 209 Å². The van der Waals surface area contributed by atoms with E-state index in [1.807, 2.05) is 31.0 Å². The Morgan fingerprint density at radius 3 is 2.51 bits per heavy atom. The number of phenolic OH excluding ortho intramolecular Hbond substituents is 1. The molecule has 2 aromatic carbocycles. The maximum atomic E-state index is 14.2. The lowest BCUT2D eigenvalue weighted by atomic mass is 10.0. The topological polar surface area (TPSA) is 102 Å². The molecule has 2 heterocycles. The number of para-hydroxylation sites is 1. The number of phenols is 1. The van der Waals surface area contributed by atoms with E-state index in [0.717, 1.165) is 28.3 Å². The van der Waals surface area contributed by atoms with E-state index in [2.05, 4.69) is 10.2 Å². The van der Waals surface area contributed by atoms with Crippen LogP contribution in [0.1, 0.15) is 18.1 Å². The molecule has 11 heteroatoms. The highest BCUT2D eigenvalue weighted by molar-refractivity contribution is 7.92. The van der Waals surface area contributed by atoms with Gasteiger partial charge in [0.05, 0.1) is 34.7 Å². The number of fused-ring (bicyclic) bond motifs is 1. The number of aromatic hydroxyl groups is 1. The lowest BCUT2D eigenvalue weighted by Gasteiger charge is -2.25. The van der Waals surface area contributed by atoms with Crippen LogP contribution in [0.3, 0.4) is 0 Å². The number of aromatic amines is 1. The molecule has 4 aromatic rings. The Morgan fingerprint density at radius 1 is 1.11 bits per heavy atom. The van der Waals surface area contributed by atoms with Crippen LogP contribution in [0, 0.1) is 5.82 Å². The summed E-state index contributed by atoms with van der Waals surface area (Å²) >= 11 is 0. The lowest BCUT2D eigenvalue weighted by molar-refractivity contribution is 0.432. The van der Waals surface area contributed by atoms with Gasteiger partial charge in [0.2, 0.25) is 10.0 Å². The average molecular weight is 520 g/mol. The highest BCUT2D eigenvalue weighted by Crippen LogP contribution is 2.34. The minimum Gasteiger partial charge on any atom is -0.505 e. The summed E-state index contributed by atoms with van der Waals surface area (Å²) in [5, 5.41) is 17.7. The Hall–Kier alpha value is -3.37. The van der Waals surface area contributed by atoms with E-state index in [4.69, 9.17) is 4.98 Å². The summed E-state index contributed by atoms with van der Waals surface area (Å²) in [4.78, 5) is 6.73. The number of aryl methyl sites for hydroxylation is 1. The van der Waals surface area contributed by atoms with E-state index >= 15 is 0 Å². The first kappa shape index (κ1) is 26.2. The van der Waals surface area contributed by atoms with Gasteiger partial charge in [0, 0.05) is 26.2 Å². The molecule has 4 rings (SSSR count). The van der Waals surface area contributed by atoms with Crippen LogP contribution in [0.2, 0.25) is 0 Å². The number of hydrogen-bond acceptors (Lipinski definition) is 6. The molecule has 186 valence electrons. The number of nitrogens with zero attached hydrogens (tertiary/aromatic N) is 4. The first-order chi connectivity index (χ1) is 16.1. The molecule has 2 aromatic heterocycles. The van der Waals surface area contributed by atoms with Gasteiger partial charge in [-0.2, -0.15) is 5.10 Å². The molecule has 0 spiro atoms. The highest BCUT2D eigenvalue weighted by atomic mass is 35.5. The van der Waals surface area contributed by atoms with Crippen molar-refractivity contribution in [2.24, 2.45) is 0 Å². The first-order valence-corrected chi connectivity index (χ1v) is 12.5. The molecule has 0 saturated heterocycles. The fourth-order valence-electron chi connectivity index (χ4n) is 3.95. The van der Waals surface area contributed by atoms with Gasteiger partial charge in [0.15, 0.2) is 11.6 Å². The van der Waals surface area contributed by atoms with Crippen molar-refractivity contribution in [3.8, 4) is 17.0 Å². The molecule has 8 nitrogen and oxygen atoms in total. The van der Waals surface area contributed by atoms with Gasteiger partial charge < -0.3 is 10.0 Å². The fourth-order valence-corrected chi connectivity index (χ4v) is 4.49. The summed E-state index contributed by atoms with van der Waals surface area (Å²) in [5.41, 5.74) is 3.98. The third-order valence-corrected chi connectivity index (χ3v) is 7.04. The van der Waals surface area contributed by atoms with Crippen molar-refractivity contribution >= 4 is 44.8 Å². The lowest BCUT2D eigenvalue weighted by Crippen LogP contribution is -2.27. The normalized spacial score (nSPS) is 11.3. The van der Waals surface area contributed by atoms with E-state index in [1.165, 1.54) is 23.5 Å². The minimum absolute atomic E-state index is 0. The molecule has 0 atom stereocenters. The van der Waals surface area contributed by atoms with E-state index < -0.39 is 21.6 Å². The molecule has 0 radical (unpaired) electrons. The molecule has 0 bridgehead atoms. The maximum Gasteiger partial charge on any atom is 0.232 e. The number of H-pyrrole nitrogens is 1. The van der Waals surface area contributed by atoms with Crippen LogP contribution in [-0.2, 0) is 23.0 Å². The van der Waals surface area contributed by atoms with Crippen LogP contribution in [0.25, 0.3) is 22.2 Å². The molecular formula is C24H27ClFN5O3S. The summed E-state index contributed by atoms with van der Waals surface area (Å²) in [6.45, 7) is 2.30. The van der Waals surface area contributed by atoms with E-state index in [0.29, 0.717) is 35.7 Å². The zero-order chi connectivity index (χ0) is 24.6. The van der Waals surface area contributed by atoms with Crippen molar-refractivity contribution in [1.82, 2.24) is 15.2 Å². The van der Waals surface area contributed by atoms with Crippen LogP contribution < -0.4 is 9.21 Å². The second kappa shape index (κ2) is 10.1. The van der Waals surface area contributed by atoms with Gasteiger partial charge in [0.1, 0.15) is 5.82 Å². The molecule has 0 aliphatic rings. The molecule has 0 fully saturated rings. The molecule has 0 amide bonds. The molecule has 0 saturated carbocycles. The molecular weight excluding hydrogens is 493 g/mol. The Kier molecular flexibility index (Phi) is 7.56. The van der Waals surface area contributed by atoms with Gasteiger partial charge in [-0.05, 0) is 41.8 Å². The van der Waals surface area contributed by atoms with Crippen molar-refractivity contribution in [3.63, 3.8) is 0 Å². The summed E-state index contributed by atoms with van der Waals surface area (Å²) in [6, 6.07) is 11.8. The third-order valence-electron chi connectivity index (χ3n) is 5.84. The predicted molar refractivity (Wildman–Crippen MR) is 139 cm³/mol. The molecule has 2 N–H and O–H groups in total. The monoisotopic (exact) mass is 519 g/mol. The van der Waals surface area contributed by atoms with Crippen LogP contribution in [0.4, 0.5) is 15.9 Å². The number of sulfonamides is 1. The van der Waals surface area contributed by atoms with E-state index in [9.17, 15) is 17.9 Å². The SMILES string of the molecule is CCc1cc(O)c(F)cc1-c1cc2[nH]ncc2c(N(C)Cc2ccccc2N(C)S(C)(=O)=O)n1.Cl. The van der Waals surface area contributed by atoms with Crippen molar-refractivity contribution < 1.29 is 17.9 Å². The molecule has 0 aliphatic heterocycles. The van der Waals surface area contributed by atoms with Crippen molar-refractivity contribution in [2.45, 2.75) is 19.9 Å². The number of hydrogen-bond donors (Lipinski definition) is 2. The number of halogens is 2. The zero-order valence-corrected chi connectivity index (χ0v) is 21.4. The zero-order valence-electron chi connectivity index (χ0n) is 19.8. The van der Waals surface area contributed by atoms with Crippen molar-refractivity contribution in [1.29, 1.82) is 0 Å². The number of aromatic nitrogens is 3. The molecule has 0 unspecified atom stereocenters. The van der Waals surface area contributed by atoms with Crippen LogP contribution in [0.5, 0.6) is 5.75 Å². The van der Waals surface area contributed by atoms with Gasteiger partial charge in [-0.15, -0.1) is 12.4 Å². The number of rotatable bonds is 7. The van der Waals surface area contributed by atoms with Crippen LogP contribution in [0.15, 0.2) is 48.7 Å². The average Bonchev–Trinajstić information content (AvgIpc) is 3.28. The second-order valence-corrected chi connectivity index (χ2v) is 10.2. The Morgan fingerprint density at radius 2 is 1.83 bits per heavy atom. The molecule has 35 heavy (non-hydrogen) atoms. The van der Waals surface area contributed by atoms with Crippen LogP contribution >= 0.6 is 12.4 Å². The van der Waals surface area contributed by atoms with Gasteiger partial charge >= 0.3 is 0 Å². The largest absolute Gasteiger partial charge is 0.505 e. The summed E-state index contributed by atoms with van der Waals surface area (Å²) < 4.78 is 39.8. The molecule has 0 aliphatic carbocycles. The number of pyridine rings is 1. The Bertz CT molecular complexity index is 1480. The summed E-state index contributed by atoms with van der Waals surface area (Å²) in [6.07, 6.45) is 3.42. The van der Waals surface area contributed by atoms with Gasteiger partial charge in [-0.1, -0.05) is 25.1 Å². The number of anilines is 2. The standard InChI is InChI=1S/C24H26FN5O3S.ClH/c1-5-15-10-23(31)19(25)11-17(15)20-12-21-18(13-26-28-21)24(27-20)29(2)14-16-8-6-7-9-22(16)30(3)34(4,32)33;/h6-13,31H,5,14H2,1-4H3,(H,26,28);1H. The van der Waals surface area contributed by atoms with Gasteiger partial charge in [-0.3, -0.25) is 9.40 Å². The minimum atomic E-state index is -3.43. The summed E-state index contributed by atoms with van der Waals surface area (Å²) in [5.74, 6) is -0.507. The van der Waals surface area contributed by atoms with Gasteiger partial charge in [0.25, 0.3) is 0 Å². The van der Waals surface area contributed by atoms with Crippen LogP contribution in [-0.4, -0.2) is 49.1 Å². The summed E-state index contributed by atoms with van der Waals surface area (Å²) in [7, 11) is -0.0585. The van der Waals surface area contributed by atoms with Gasteiger partial charge in [-0.25, -0.2) is 17.8 Å². The van der Waals surface area contributed by atoms with Crippen molar-refractivity contribution in [2.75, 3.05) is 29.6 Å². The number of nitrogens with one attached hydrogen (secondary N) is 1. The quantitative estimate of drug-likeness (QED) is 0.373. The Balaban J connectivity index is 0.00000342. The first-order valence-electron chi connectivity index (χ1n) is 10.7. The van der Waals surface area contributed by atoms with E-state index in [-0.39, 0.29) is 12.4 Å². The number of benzene rings is 2. The third kappa shape index (κ3) is 5.18. The fraction of sp³-hybridized carbons (Fsp3) is 0.250. The van der Waals surface area contributed by atoms with Crippen molar-refractivity contribution in [3.05, 3.63) is 65.6 Å². The second-order valence-electron chi connectivity index (χ2n) is 8.19. The predicted octanol–water partition coefficient (Wildman–Crippen LogP) is 4.49.